The van der Waals surface area contributed by atoms with E-state index in [1.807, 2.05) is 0 Å². The second-order valence-electron chi connectivity index (χ2n) is 4.83. The first-order valence-electron chi connectivity index (χ1n) is 5.61. The molecule has 2 heterocycles. The molecule has 1 aromatic heterocycles. The van der Waals surface area contributed by atoms with Crippen LogP contribution >= 0.6 is 0 Å². The van der Waals surface area contributed by atoms with Crippen LogP contribution in [0.1, 0.15) is 24.3 Å². The average Bonchev–Trinajstić information content (AvgIpc) is 2.69. The van der Waals surface area contributed by atoms with Crippen molar-refractivity contribution in [2.75, 3.05) is 6.54 Å². The molecule has 1 saturated heterocycles. The van der Waals surface area contributed by atoms with Crippen molar-refractivity contribution in [3.8, 4) is 0 Å². The Morgan fingerprint density at radius 1 is 1.39 bits per heavy atom. The maximum Gasteiger partial charge on any atom is 0.271 e. The molecule has 1 aliphatic rings. The predicted molar refractivity (Wildman–Crippen MR) is 63.7 cm³/mol. The van der Waals surface area contributed by atoms with Crippen LogP contribution in [-0.4, -0.2) is 39.3 Å². The Morgan fingerprint density at radius 3 is 2.61 bits per heavy atom. The van der Waals surface area contributed by atoms with Crippen LogP contribution in [0.5, 0.6) is 0 Å². The van der Waals surface area contributed by atoms with E-state index in [4.69, 9.17) is 0 Å². The van der Waals surface area contributed by atoms with Gasteiger partial charge in [0.2, 0.25) is 5.91 Å². The first-order chi connectivity index (χ1) is 8.34. The lowest BCUT2D eigenvalue weighted by Crippen LogP contribution is -2.65. The van der Waals surface area contributed by atoms with Crippen LogP contribution in [0, 0.1) is 0 Å². The first-order valence-corrected chi connectivity index (χ1v) is 5.61. The molecule has 0 aliphatic carbocycles. The predicted octanol–water partition coefficient (Wildman–Crippen LogP) is -0.0977. The normalized spacial score (nSPS) is 18.7. The van der Waals surface area contributed by atoms with Crippen molar-refractivity contribution in [1.82, 2.24) is 14.8 Å². The SMILES string of the molecule is Cn1cccc1C(=O)N1CC(=O)NC(=O)C1(C)C. The third kappa shape index (κ3) is 1.79. The molecule has 18 heavy (non-hydrogen) atoms. The highest BCUT2D eigenvalue weighted by Gasteiger charge is 2.44. The van der Waals surface area contributed by atoms with Gasteiger partial charge in [0.25, 0.3) is 11.8 Å². The topological polar surface area (TPSA) is 71.4 Å². The Hall–Kier alpha value is -2.11. The van der Waals surface area contributed by atoms with E-state index in [2.05, 4.69) is 5.32 Å². The standard InChI is InChI=1S/C12H15N3O3/c1-12(2)11(18)13-9(16)7-15(12)10(17)8-5-4-6-14(8)3/h4-6H,7H2,1-3H3,(H,13,16,18). The van der Waals surface area contributed by atoms with E-state index < -0.39 is 17.4 Å². The quantitative estimate of drug-likeness (QED) is 0.707. The van der Waals surface area contributed by atoms with E-state index in [9.17, 15) is 14.4 Å². The molecule has 0 saturated carbocycles. The second-order valence-corrected chi connectivity index (χ2v) is 4.83. The van der Waals surface area contributed by atoms with E-state index in [1.165, 1.54) is 4.90 Å². The van der Waals surface area contributed by atoms with Gasteiger partial charge in [-0.15, -0.1) is 0 Å². The Morgan fingerprint density at radius 2 is 2.06 bits per heavy atom. The molecule has 1 aliphatic heterocycles. The van der Waals surface area contributed by atoms with Gasteiger partial charge in [-0.25, -0.2) is 0 Å². The van der Waals surface area contributed by atoms with E-state index in [-0.39, 0.29) is 12.5 Å². The molecule has 1 aromatic rings. The number of nitrogens with one attached hydrogen (secondary N) is 1. The summed E-state index contributed by atoms with van der Waals surface area (Å²) in [4.78, 5) is 36.8. The van der Waals surface area contributed by atoms with Crippen molar-refractivity contribution in [2.24, 2.45) is 7.05 Å². The minimum absolute atomic E-state index is 0.108. The fourth-order valence-electron chi connectivity index (χ4n) is 1.93. The Bertz CT molecular complexity index is 530. The van der Waals surface area contributed by atoms with Crippen molar-refractivity contribution < 1.29 is 14.4 Å². The second kappa shape index (κ2) is 3.97. The molecule has 0 aromatic carbocycles. The number of aryl methyl sites for hydroxylation is 1. The summed E-state index contributed by atoms with van der Waals surface area (Å²) in [7, 11) is 1.74. The molecule has 96 valence electrons. The number of imide groups is 1. The zero-order valence-corrected chi connectivity index (χ0v) is 10.6. The van der Waals surface area contributed by atoms with Gasteiger partial charge >= 0.3 is 0 Å². The summed E-state index contributed by atoms with van der Waals surface area (Å²) < 4.78 is 1.66. The number of carbonyl (C=O) groups excluding carboxylic acids is 3. The molecule has 2 rings (SSSR count). The third-order valence-electron chi connectivity index (χ3n) is 3.19. The summed E-state index contributed by atoms with van der Waals surface area (Å²) in [6.07, 6.45) is 1.74. The fourth-order valence-corrected chi connectivity index (χ4v) is 1.93. The summed E-state index contributed by atoms with van der Waals surface area (Å²) >= 11 is 0. The summed E-state index contributed by atoms with van der Waals surface area (Å²) in [5, 5.41) is 2.24. The van der Waals surface area contributed by atoms with Crippen molar-refractivity contribution in [3.05, 3.63) is 24.0 Å². The van der Waals surface area contributed by atoms with Crippen LogP contribution < -0.4 is 5.32 Å². The Labute approximate surface area is 105 Å². The summed E-state index contributed by atoms with van der Waals surface area (Å²) in [6, 6.07) is 3.40. The van der Waals surface area contributed by atoms with Gasteiger partial charge in [-0.3, -0.25) is 19.7 Å². The number of carbonyl (C=O) groups is 3. The number of nitrogens with zero attached hydrogens (tertiary/aromatic N) is 2. The largest absolute Gasteiger partial charge is 0.347 e. The van der Waals surface area contributed by atoms with Crippen LogP contribution in [-0.2, 0) is 16.6 Å². The molecule has 6 nitrogen and oxygen atoms in total. The van der Waals surface area contributed by atoms with E-state index in [0.717, 1.165) is 0 Å². The fraction of sp³-hybridized carbons (Fsp3) is 0.417. The van der Waals surface area contributed by atoms with Crippen LogP contribution in [0.4, 0.5) is 0 Å². The number of hydrogen-bond acceptors (Lipinski definition) is 3. The lowest BCUT2D eigenvalue weighted by molar-refractivity contribution is -0.143. The van der Waals surface area contributed by atoms with Crippen LogP contribution in [0.3, 0.4) is 0 Å². The number of piperazine rings is 1. The number of hydrogen-bond donors (Lipinski definition) is 1. The van der Waals surface area contributed by atoms with Gasteiger partial charge in [0.15, 0.2) is 0 Å². The van der Waals surface area contributed by atoms with Crippen molar-refractivity contribution in [3.63, 3.8) is 0 Å². The van der Waals surface area contributed by atoms with Crippen molar-refractivity contribution in [2.45, 2.75) is 19.4 Å². The number of amides is 3. The maximum absolute atomic E-state index is 12.4. The molecular formula is C12H15N3O3. The molecule has 3 amide bonds. The molecule has 0 radical (unpaired) electrons. The molecule has 1 N–H and O–H groups in total. The smallest absolute Gasteiger partial charge is 0.271 e. The van der Waals surface area contributed by atoms with Crippen LogP contribution in [0.2, 0.25) is 0 Å². The van der Waals surface area contributed by atoms with Gasteiger partial charge in [-0.2, -0.15) is 0 Å². The van der Waals surface area contributed by atoms with E-state index >= 15 is 0 Å². The van der Waals surface area contributed by atoms with Gasteiger partial charge in [-0.1, -0.05) is 0 Å². The molecule has 0 bridgehead atoms. The van der Waals surface area contributed by atoms with Crippen molar-refractivity contribution >= 4 is 17.7 Å². The highest BCUT2D eigenvalue weighted by molar-refractivity contribution is 6.08. The number of aromatic nitrogens is 1. The van der Waals surface area contributed by atoms with Gasteiger partial charge in [-0.05, 0) is 26.0 Å². The van der Waals surface area contributed by atoms with Crippen LogP contribution in [0.25, 0.3) is 0 Å². The van der Waals surface area contributed by atoms with Crippen LogP contribution in [0.15, 0.2) is 18.3 Å². The third-order valence-corrected chi connectivity index (χ3v) is 3.19. The van der Waals surface area contributed by atoms with Gasteiger partial charge in [0.05, 0.1) is 0 Å². The minimum atomic E-state index is -1.03. The molecule has 0 spiro atoms. The molecular weight excluding hydrogens is 234 g/mol. The van der Waals surface area contributed by atoms with Gasteiger partial charge in [0, 0.05) is 13.2 Å². The lowest BCUT2D eigenvalue weighted by Gasteiger charge is -2.40. The summed E-state index contributed by atoms with van der Waals surface area (Å²) in [5.74, 6) is -1.24. The average molecular weight is 249 g/mol. The highest BCUT2D eigenvalue weighted by Crippen LogP contribution is 2.21. The first kappa shape index (κ1) is 12.3. The Kier molecular flexibility index (Phi) is 2.73. The minimum Gasteiger partial charge on any atom is -0.347 e. The van der Waals surface area contributed by atoms with E-state index in [0.29, 0.717) is 5.69 Å². The van der Waals surface area contributed by atoms with Gasteiger partial charge < -0.3 is 9.47 Å². The summed E-state index contributed by atoms with van der Waals surface area (Å²) in [5.41, 5.74) is -0.583. The Balaban J connectivity index is 2.37. The number of rotatable bonds is 1. The monoisotopic (exact) mass is 249 g/mol. The molecule has 6 heteroatoms. The van der Waals surface area contributed by atoms with Crippen molar-refractivity contribution in [1.29, 1.82) is 0 Å². The zero-order valence-electron chi connectivity index (χ0n) is 10.6. The molecule has 0 unspecified atom stereocenters. The maximum atomic E-state index is 12.4. The molecule has 0 atom stereocenters. The zero-order chi connectivity index (χ0) is 13.5. The molecule has 1 fully saturated rings. The lowest BCUT2D eigenvalue weighted by atomic mass is 9.98. The van der Waals surface area contributed by atoms with E-state index in [1.54, 1.807) is 43.8 Å². The highest BCUT2D eigenvalue weighted by atomic mass is 16.2. The summed E-state index contributed by atoms with van der Waals surface area (Å²) in [6.45, 7) is 3.13. The van der Waals surface area contributed by atoms with Gasteiger partial charge in [0.1, 0.15) is 17.8 Å².